The zero-order valence-corrected chi connectivity index (χ0v) is 16.7. The number of nitrogens with zero attached hydrogens (tertiary/aromatic N) is 1. The summed E-state index contributed by atoms with van der Waals surface area (Å²) in [5.41, 5.74) is 3.55. The molecule has 0 bridgehead atoms. The first-order valence-corrected chi connectivity index (χ1v) is 9.20. The second-order valence-electron chi connectivity index (χ2n) is 8.05. The van der Waals surface area contributed by atoms with Crippen LogP contribution in [-0.4, -0.2) is 21.7 Å². The van der Waals surface area contributed by atoms with Crippen molar-refractivity contribution < 1.29 is 10.2 Å². The molecule has 0 radical (unpaired) electrons. The van der Waals surface area contributed by atoms with Gasteiger partial charge in [-0.1, -0.05) is 65.1 Å². The van der Waals surface area contributed by atoms with Gasteiger partial charge in [0.25, 0.3) is 0 Å². The van der Waals surface area contributed by atoms with E-state index in [1.54, 1.807) is 12.3 Å². The minimum absolute atomic E-state index is 0.0693. The van der Waals surface area contributed by atoms with Crippen LogP contribution in [-0.2, 0) is 6.42 Å². The second-order valence-corrected chi connectivity index (χ2v) is 8.05. The van der Waals surface area contributed by atoms with Gasteiger partial charge in [-0.3, -0.25) is 4.98 Å². The molecule has 4 heteroatoms. The molecule has 0 saturated carbocycles. The number of aliphatic hydroxyl groups excluding tert-OH is 1. The van der Waals surface area contributed by atoms with Gasteiger partial charge in [0.15, 0.2) is 0 Å². The van der Waals surface area contributed by atoms with E-state index in [0.717, 1.165) is 17.5 Å². The van der Waals surface area contributed by atoms with Gasteiger partial charge in [0.2, 0.25) is 0 Å². The topological polar surface area (TPSA) is 65.4 Å². The van der Waals surface area contributed by atoms with Crippen LogP contribution in [0.15, 0.2) is 55.4 Å². The normalized spacial score (nSPS) is 11.4. The maximum absolute atomic E-state index is 10.4. The van der Waals surface area contributed by atoms with Crippen molar-refractivity contribution in [3.05, 3.63) is 66.7 Å². The maximum atomic E-state index is 10.4. The predicted octanol–water partition coefficient (Wildman–Crippen LogP) is 5.31. The van der Waals surface area contributed by atoms with Crippen molar-refractivity contribution in [2.45, 2.75) is 34.1 Å². The summed E-state index contributed by atoms with van der Waals surface area (Å²) >= 11 is 0. The lowest BCUT2D eigenvalue weighted by Crippen LogP contribution is -2.29. The molecule has 0 spiro atoms. The minimum atomic E-state index is -0.505. The Bertz CT molecular complexity index is 838. The van der Waals surface area contributed by atoms with Crippen molar-refractivity contribution in [1.29, 1.82) is 0 Å². The van der Waals surface area contributed by atoms with E-state index < -0.39 is 5.41 Å². The molecule has 0 amide bonds. The molecular weight excluding hydrogens is 336 g/mol. The average Bonchev–Trinajstić information content (AvgIpc) is 2.59. The Hall–Kier alpha value is -2.75. The van der Waals surface area contributed by atoms with Gasteiger partial charge in [0, 0.05) is 23.7 Å². The summed E-state index contributed by atoms with van der Waals surface area (Å²) in [6.45, 7) is 16.1. The molecule has 2 rings (SSSR count). The van der Waals surface area contributed by atoms with Gasteiger partial charge in [-0.25, -0.2) is 0 Å². The first-order valence-electron chi connectivity index (χ1n) is 9.20. The number of hydrogen-bond donors (Lipinski definition) is 3. The Morgan fingerprint density at radius 1 is 1.19 bits per heavy atom. The molecule has 1 heterocycles. The number of aromatic nitrogens is 1. The largest absolute Gasteiger partial charge is 0.512 e. The molecule has 0 aliphatic carbocycles. The highest BCUT2D eigenvalue weighted by atomic mass is 16.3. The Kier molecular flexibility index (Phi) is 6.32. The van der Waals surface area contributed by atoms with E-state index in [2.05, 4.69) is 49.4 Å². The highest BCUT2D eigenvalue weighted by Gasteiger charge is 2.22. The van der Waals surface area contributed by atoms with Crippen LogP contribution >= 0.6 is 0 Å². The first kappa shape index (κ1) is 20.6. The third-order valence-corrected chi connectivity index (χ3v) is 4.58. The summed E-state index contributed by atoms with van der Waals surface area (Å²) in [7, 11) is 0. The molecule has 0 aliphatic rings. The zero-order chi connectivity index (χ0) is 20.2. The van der Waals surface area contributed by atoms with E-state index in [0.29, 0.717) is 23.9 Å². The number of pyridine rings is 1. The van der Waals surface area contributed by atoms with Gasteiger partial charge in [0.05, 0.1) is 11.5 Å². The fraction of sp³-hybridized carbons (Fsp3) is 0.348. The zero-order valence-electron chi connectivity index (χ0n) is 16.7. The van der Waals surface area contributed by atoms with E-state index in [1.165, 1.54) is 5.56 Å². The summed E-state index contributed by atoms with van der Waals surface area (Å²) < 4.78 is 0. The molecule has 0 atom stereocenters. The van der Waals surface area contributed by atoms with Crippen molar-refractivity contribution in [2.24, 2.45) is 11.3 Å². The fourth-order valence-corrected chi connectivity index (χ4v) is 2.71. The summed E-state index contributed by atoms with van der Waals surface area (Å²) in [4.78, 5) is 4.39. The number of aliphatic hydroxyl groups is 1. The van der Waals surface area contributed by atoms with Crippen LogP contribution in [0.4, 0.5) is 0 Å². The summed E-state index contributed by atoms with van der Waals surface area (Å²) in [6, 6.07) is 10.0. The average molecular weight is 367 g/mol. The molecule has 1 aromatic heterocycles. The van der Waals surface area contributed by atoms with Crippen molar-refractivity contribution in [3.63, 3.8) is 0 Å². The highest BCUT2D eigenvalue weighted by molar-refractivity contribution is 5.70. The number of hydrogen-bond acceptors (Lipinski definition) is 4. The van der Waals surface area contributed by atoms with E-state index in [-0.39, 0.29) is 11.5 Å². The number of rotatable bonds is 8. The molecule has 0 saturated heterocycles. The van der Waals surface area contributed by atoms with E-state index >= 15 is 0 Å². The number of aromatic hydroxyl groups is 1. The molecule has 27 heavy (non-hydrogen) atoms. The van der Waals surface area contributed by atoms with Crippen molar-refractivity contribution in [3.8, 4) is 16.9 Å². The lowest BCUT2D eigenvalue weighted by molar-refractivity contribution is 0.259. The second kappa shape index (κ2) is 8.30. The van der Waals surface area contributed by atoms with Crippen molar-refractivity contribution >= 4 is 5.70 Å². The van der Waals surface area contributed by atoms with E-state index in [9.17, 15) is 10.2 Å². The van der Waals surface area contributed by atoms with Gasteiger partial charge in [-0.15, -0.1) is 0 Å². The lowest BCUT2D eigenvalue weighted by Gasteiger charge is -2.24. The van der Waals surface area contributed by atoms with E-state index in [1.807, 2.05) is 26.0 Å². The summed E-state index contributed by atoms with van der Waals surface area (Å²) in [5, 5.41) is 23.2. The smallest absolute Gasteiger partial charge is 0.143 e. The quantitative estimate of drug-likeness (QED) is 0.554. The van der Waals surface area contributed by atoms with Crippen LogP contribution in [0.2, 0.25) is 0 Å². The van der Waals surface area contributed by atoms with Crippen LogP contribution < -0.4 is 5.32 Å². The summed E-state index contributed by atoms with van der Waals surface area (Å²) in [5.74, 6) is 0.749. The Morgan fingerprint density at radius 2 is 1.89 bits per heavy atom. The lowest BCUT2D eigenvalue weighted by atomic mass is 9.91. The van der Waals surface area contributed by atoms with Crippen LogP contribution in [0.1, 0.15) is 39.0 Å². The SMILES string of the molecule is C=C(NCC(C)(C)C(=C)O)c1ncc(-c2cccc(CC(C)C)c2)cc1O. The van der Waals surface area contributed by atoms with Crippen LogP contribution in [0.5, 0.6) is 5.75 Å². The molecular formula is C23H30N2O2. The molecule has 2 aromatic rings. The van der Waals surface area contributed by atoms with Gasteiger partial charge in [0.1, 0.15) is 11.4 Å². The van der Waals surface area contributed by atoms with Crippen LogP contribution in [0.25, 0.3) is 16.8 Å². The van der Waals surface area contributed by atoms with Gasteiger partial charge in [-0.2, -0.15) is 0 Å². The molecule has 144 valence electrons. The van der Waals surface area contributed by atoms with E-state index in [4.69, 9.17) is 0 Å². The molecule has 0 unspecified atom stereocenters. The predicted molar refractivity (Wildman–Crippen MR) is 112 cm³/mol. The number of nitrogens with one attached hydrogen (secondary N) is 1. The van der Waals surface area contributed by atoms with Gasteiger partial charge >= 0.3 is 0 Å². The van der Waals surface area contributed by atoms with Crippen molar-refractivity contribution in [1.82, 2.24) is 10.3 Å². The molecule has 4 nitrogen and oxygen atoms in total. The Labute approximate surface area is 162 Å². The van der Waals surface area contributed by atoms with Crippen LogP contribution in [0.3, 0.4) is 0 Å². The molecule has 1 aromatic carbocycles. The van der Waals surface area contributed by atoms with Crippen molar-refractivity contribution in [2.75, 3.05) is 6.54 Å². The van der Waals surface area contributed by atoms with Crippen LogP contribution in [0, 0.1) is 11.3 Å². The minimum Gasteiger partial charge on any atom is -0.512 e. The highest BCUT2D eigenvalue weighted by Crippen LogP contribution is 2.29. The monoisotopic (exact) mass is 366 g/mol. The maximum Gasteiger partial charge on any atom is 0.143 e. The molecule has 0 aliphatic heterocycles. The third-order valence-electron chi connectivity index (χ3n) is 4.58. The Morgan fingerprint density at radius 3 is 2.48 bits per heavy atom. The Balaban J connectivity index is 2.18. The third kappa shape index (κ3) is 5.36. The molecule has 0 fully saturated rings. The first-order chi connectivity index (χ1) is 12.6. The van der Waals surface area contributed by atoms with Gasteiger partial charge < -0.3 is 15.5 Å². The fourth-order valence-electron chi connectivity index (χ4n) is 2.71. The number of benzene rings is 1. The standard InChI is InChI=1S/C23H30N2O2/c1-15(2)10-18-8-7-9-19(11-18)20-12-21(27)22(24-13-20)16(3)25-14-23(5,6)17(4)26/h7-9,11-13,15,25-27H,3-4,10,14H2,1-2,5-6H3. The van der Waals surface area contributed by atoms with Gasteiger partial charge in [-0.05, 0) is 29.5 Å². The summed E-state index contributed by atoms with van der Waals surface area (Å²) in [6.07, 6.45) is 2.75. The molecule has 3 N–H and O–H groups in total.